The predicted molar refractivity (Wildman–Crippen MR) is 78.3 cm³/mol. The molecule has 1 aromatic heterocycles. The number of hydrogen-bond donors (Lipinski definition) is 1. The van der Waals surface area contributed by atoms with E-state index in [0.717, 1.165) is 23.3 Å². The summed E-state index contributed by atoms with van der Waals surface area (Å²) in [6.45, 7) is 5.75. The molecule has 0 aliphatic heterocycles. The van der Waals surface area contributed by atoms with Crippen LogP contribution in [0.5, 0.6) is 0 Å². The number of likely N-dealkylation sites (N-methyl/N-ethyl adjacent to an activating group) is 1. The van der Waals surface area contributed by atoms with Crippen LogP contribution in [-0.2, 0) is 4.74 Å². The van der Waals surface area contributed by atoms with Gasteiger partial charge >= 0.3 is 0 Å². The lowest BCUT2D eigenvalue weighted by atomic mass is 10.2. The first-order chi connectivity index (χ1) is 9.17. The molecule has 2 aromatic rings. The number of rotatable bonds is 5. The van der Waals surface area contributed by atoms with Crippen LogP contribution >= 0.6 is 0 Å². The van der Waals surface area contributed by atoms with Gasteiger partial charge in [0.2, 0.25) is 0 Å². The summed E-state index contributed by atoms with van der Waals surface area (Å²) in [6, 6.07) is 5.98. The second-order valence-corrected chi connectivity index (χ2v) is 4.56. The lowest BCUT2D eigenvalue weighted by Crippen LogP contribution is -2.36. The van der Waals surface area contributed by atoms with Crippen LogP contribution < -0.4 is 10.6 Å². The smallest absolute Gasteiger partial charge is 0.140 e. The molecule has 0 saturated carbocycles. The fourth-order valence-electron chi connectivity index (χ4n) is 2.29. The van der Waals surface area contributed by atoms with Gasteiger partial charge in [0, 0.05) is 24.7 Å². The van der Waals surface area contributed by atoms with Crippen molar-refractivity contribution >= 4 is 22.4 Å². The molecule has 19 heavy (non-hydrogen) atoms. The molecule has 0 spiro atoms. The Bertz CT molecular complexity index is 558. The Morgan fingerprint density at radius 1 is 1.37 bits per heavy atom. The van der Waals surface area contributed by atoms with E-state index in [1.165, 1.54) is 0 Å². The molecule has 0 fully saturated rings. The van der Waals surface area contributed by atoms with Crippen molar-refractivity contribution in [3.05, 3.63) is 24.5 Å². The Morgan fingerprint density at radius 3 is 2.84 bits per heavy atom. The van der Waals surface area contributed by atoms with Crippen LogP contribution in [0.15, 0.2) is 24.5 Å². The zero-order valence-corrected chi connectivity index (χ0v) is 11.6. The third-order valence-electron chi connectivity index (χ3n) is 3.19. The van der Waals surface area contributed by atoms with Crippen molar-refractivity contribution in [3.63, 3.8) is 0 Å². The van der Waals surface area contributed by atoms with Gasteiger partial charge in [0.1, 0.15) is 12.1 Å². The number of nitrogen functional groups attached to an aromatic ring is 1. The van der Waals surface area contributed by atoms with Crippen LogP contribution in [0, 0.1) is 0 Å². The zero-order valence-electron chi connectivity index (χ0n) is 11.6. The summed E-state index contributed by atoms with van der Waals surface area (Å²) >= 11 is 0. The van der Waals surface area contributed by atoms with E-state index in [4.69, 9.17) is 10.5 Å². The number of aromatic nitrogens is 2. The minimum Gasteiger partial charge on any atom is -0.399 e. The van der Waals surface area contributed by atoms with Gasteiger partial charge in [-0.2, -0.15) is 0 Å². The van der Waals surface area contributed by atoms with Crippen molar-refractivity contribution in [2.75, 3.05) is 30.9 Å². The molecule has 0 saturated heterocycles. The fourth-order valence-corrected chi connectivity index (χ4v) is 2.29. The molecule has 0 radical (unpaired) electrons. The van der Waals surface area contributed by atoms with Gasteiger partial charge in [-0.25, -0.2) is 9.97 Å². The Labute approximate surface area is 113 Å². The molecular weight excluding hydrogens is 240 g/mol. The number of methoxy groups -OCH3 is 1. The molecule has 0 amide bonds. The minimum atomic E-state index is 0.255. The average molecular weight is 260 g/mol. The van der Waals surface area contributed by atoms with Gasteiger partial charge in [-0.3, -0.25) is 0 Å². The molecule has 5 heteroatoms. The van der Waals surface area contributed by atoms with Crippen molar-refractivity contribution in [2.45, 2.75) is 19.9 Å². The molecule has 2 N–H and O–H groups in total. The predicted octanol–water partition coefficient (Wildman–Crippen LogP) is 2.07. The third kappa shape index (κ3) is 2.76. The van der Waals surface area contributed by atoms with E-state index in [9.17, 15) is 0 Å². The highest BCUT2D eigenvalue weighted by atomic mass is 16.5. The first-order valence-corrected chi connectivity index (χ1v) is 6.43. The first-order valence-electron chi connectivity index (χ1n) is 6.43. The Hall–Kier alpha value is -1.88. The van der Waals surface area contributed by atoms with Gasteiger partial charge in [0.05, 0.1) is 18.2 Å². The lowest BCUT2D eigenvalue weighted by molar-refractivity contribution is 0.182. The molecule has 2 rings (SSSR count). The number of hydrogen-bond acceptors (Lipinski definition) is 5. The molecule has 0 aliphatic carbocycles. The first kappa shape index (κ1) is 13.5. The Balaban J connectivity index is 2.48. The highest BCUT2D eigenvalue weighted by molar-refractivity contribution is 5.91. The van der Waals surface area contributed by atoms with E-state index in [-0.39, 0.29) is 6.04 Å². The highest BCUT2D eigenvalue weighted by Crippen LogP contribution is 2.25. The summed E-state index contributed by atoms with van der Waals surface area (Å²) in [5.74, 6) is 0.928. The summed E-state index contributed by atoms with van der Waals surface area (Å²) in [7, 11) is 1.71. The number of benzene rings is 1. The van der Waals surface area contributed by atoms with E-state index in [0.29, 0.717) is 12.3 Å². The van der Waals surface area contributed by atoms with Crippen LogP contribution in [0.3, 0.4) is 0 Å². The Morgan fingerprint density at radius 2 is 2.16 bits per heavy atom. The number of anilines is 2. The topological polar surface area (TPSA) is 64.3 Å². The van der Waals surface area contributed by atoms with Gasteiger partial charge < -0.3 is 15.4 Å². The van der Waals surface area contributed by atoms with Crippen LogP contribution in [0.1, 0.15) is 13.8 Å². The van der Waals surface area contributed by atoms with Gasteiger partial charge in [0.15, 0.2) is 0 Å². The molecule has 5 nitrogen and oxygen atoms in total. The van der Waals surface area contributed by atoms with Crippen LogP contribution in [0.4, 0.5) is 11.5 Å². The second-order valence-electron chi connectivity index (χ2n) is 4.56. The number of ether oxygens (including phenoxy) is 1. The van der Waals surface area contributed by atoms with Crippen molar-refractivity contribution in [1.29, 1.82) is 0 Å². The molecule has 1 unspecified atom stereocenters. The standard InChI is InChI=1S/C14H20N4O/c1-4-18(10(2)8-19-3)14-12-6-5-11(15)7-13(12)16-9-17-14/h5-7,9-10H,4,8,15H2,1-3H3. The van der Waals surface area contributed by atoms with E-state index >= 15 is 0 Å². The van der Waals surface area contributed by atoms with Crippen molar-refractivity contribution < 1.29 is 4.74 Å². The largest absolute Gasteiger partial charge is 0.399 e. The maximum absolute atomic E-state index is 5.80. The summed E-state index contributed by atoms with van der Waals surface area (Å²) < 4.78 is 5.23. The van der Waals surface area contributed by atoms with Crippen LogP contribution in [-0.4, -0.2) is 36.3 Å². The van der Waals surface area contributed by atoms with Gasteiger partial charge in [-0.15, -0.1) is 0 Å². The maximum atomic E-state index is 5.80. The van der Waals surface area contributed by atoms with Gasteiger partial charge in [-0.05, 0) is 32.0 Å². The maximum Gasteiger partial charge on any atom is 0.140 e. The average Bonchev–Trinajstić information content (AvgIpc) is 2.39. The number of fused-ring (bicyclic) bond motifs is 1. The zero-order chi connectivity index (χ0) is 13.8. The van der Waals surface area contributed by atoms with E-state index in [2.05, 4.69) is 28.7 Å². The molecule has 1 aromatic carbocycles. The molecule has 102 valence electrons. The van der Waals surface area contributed by atoms with Crippen LogP contribution in [0.2, 0.25) is 0 Å². The van der Waals surface area contributed by atoms with E-state index < -0.39 is 0 Å². The normalized spacial score (nSPS) is 12.6. The number of nitrogens with zero attached hydrogens (tertiary/aromatic N) is 3. The Kier molecular flexibility index (Phi) is 4.16. The third-order valence-corrected chi connectivity index (χ3v) is 3.19. The van der Waals surface area contributed by atoms with Crippen molar-refractivity contribution in [3.8, 4) is 0 Å². The second kappa shape index (κ2) is 5.84. The quantitative estimate of drug-likeness (QED) is 0.834. The van der Waals surface area contributed by atoms with Gasteiger partial charge in [0.25, 0.3) is 0 Å². The summed E-state index contributed by atoms with van der Waals surface area (Å²) in [6.07, 6.45) is 1.58. The summed E-state index contributed by atoms with van der Waals surface area (Å²) in [5, 5.41) is 1.02. The molecule has 1 heterocycles. The van der Waals surface area contributed by atoms with Crippen molar-refractivity contribution in [1.82, 2.24) is 9.97 Å². The highest BCUT2D eigenvalue weighted by Gasteiger charge is 2.16. The summed E-state index contributed by atoms with van der Waals surface area (Å²) in [5.41, 5.74) is 7.38. The van der Waals surface area contributed by atoms with E-state index in [1.54, 1.807) is 13.4 Å². The lowest BCUT2D eigenvalue weighted by Gasteiger charge is -2.29. The number of nitrogens with two attached hydrogens (primary N) is 1. The molecule has 0 aliphatic rings. The molecular formula is C14H20N4O. The van der Waals surface area contributed by atoms with Crippen LogP contribution in [0.25, 0.3) is 10.9 Å². The van der Waals surface area contributed by atoms with Gasteiger partial charge in [-0.1, -0.05) is 0 Å². The SMILES string of the molecule is CCN(c1ncnc2cc(N)ccc12)C(C)COC. The minimum absolute atomic E-state index is 0.255. The monoisotopic (exact) mass is 260 g/mol. The molecule has 0 bridgehead atoms. The summed E-state index contributed by atoms with van der Waals surface area (Å²) in [4.78, 5) is 10.9. The van der Waals surface area contributed by atoms with E-state index in [1.807, 2.05) is 18.2 Å². The molecule has 1 atom stereocenters. The fraction of sp³-hybridized carbons (Fsp3) is 0.429. The van der Waals surface area contributed by atoms with Crippen molar-refractivity contribution in [2.24, 2.45) is 0 Å².